The number of carbonyl (C=O) groups is 1. The maximum absolute atomic E-state index is 12.3. The molecule has 2 heterocycles. The normalized spacial score (nSPS) is 15.3. The predicted octanol–water partition coefficient (Wildman–Crippen LogP) is 0.209. The largest absolute Gasteiger partial charge is 0.493 e. The molecule has 2 N–H and O–H groups in total. The molecule has 0 aliphatic carbocycles. The number of carbonyl (C=O) groups excluding carboxylic acids is 1. The Bertz CT molecular complexity index is 830. The summed E-state index contributed by atoms with van der Waals surface area (Å²) in [5.74, 6) is 0.00611. The lowest BCUT2D eigenvalue weighted by molar-refractivity contribution is -0.906. The van der Waals surface area contributed by atoms with Crippen molar-refractivity contribution in [1.82, 2.24) is 5.32 Å². The molecule has 0 atom stereocenters. The summed E-state index contributed by atoms with van der Waals surface area (Å²) in [4.78, 5) is 25.9. The van der Waals surface area contributed by atoms with Crippen molar-refractivity contribution in [3.8, 4) is 5.75 Å². The third-order valence-corrected chi connectivity index (χ3v) is 4.65. The monoisotopic (exact) mass is 411 g/mol. The molecule has 2 aromatic rings. The molecule has 1 fully saturated rings. The Hall–Kier alpha value is -1.90. The minimum absolute atomic E-state index is 0.00960. The smallest absolute Gasteiger partial charge is 0.349 e. The molecule has 3 rings (SSSR count). The van der Waals surface area contributed by atoms with Gasteiger partial charge in [-0.1, -0.05) is 15.9 Å². The molecule has 0 saturated carbocycles. The molecule has 0 radical (unpaired) electrons. The molecular formula is C17H20BrN2O5+. The van der Waals surface area contributed by atoms with E-state index in [0.717, 1.165) is 37.3 Å². The second-order valence-corrected chi connectivity index (χ2v) is 6.76. The highest BCUT2D eigenvalue weighted by molar-refractivity contribution is 9.10. The Morgan fingerprint density at radius 1 is 1.32 bits per heavy atom. The van der Waals surface area contributed by atoms with Gasteiger partial charge in [-0.2, -0.15) is 0 Å². The van der Waals surface area contributed by atoms with E-state index in [2.05, 4.69) is 21.2 Å². The van der Waals surface area contributed by atoms with Gasteiger partial charge in [-0.05, 0) is 18.2 Å². The van der Waals surface area contributed by atoms with Crippen LogP contribution in [0.4, 0.5) is 0 Å². The molecule has 1 aliphatic heterocycles. The fraction of sp³-hybridized carbons (Fsp3) is 0.412. The quantitative estimate of drug-likeness (QED) is 0.687. The van der Waals surface area contributed by atoms with Crippen LogP contribution in [0.25, 0.3) is 11.0 Å². The average Bonchev–Trinajstić information content (AvgIpc) is 2.61. The molecule has 7 nitrogen and oxygen atoms in total. The highest BCUT2D eigenvalue weighted by Crippen LogP contribution is 2.29. The molecule has 25 heavy (non-hydrogen) atoms. The molecule has 0 bridgehead atoms. The Morgan fingerprint density at radius 2 is 2.08 bits per heavy atom. The van der Waals surface area contributed by atoms with Gasteiger partial charge in [0.1, 0.15) is 18.7 Å². The van der Waals surface area contributed by atoms with Crippen molar-refractivity contribution in [2.24, 2.45) is 0 Å². The van der Waals surface area contributed by atoms with Crippen molar-refractivity contribution in [2.45, 2.75) is 0 Å². The van der Waals surface area contributed by atoms with Crippen LogP contribution in [0.5, 0.6) is 5.75 Å². The molecule has 8 heteroatoms. The number of nitrogens with one attached hydrogen (secondary N) is 2. The maximum Gasteiger partial charge on any atom is 0.349 e. The molecule has 1 aromatic carbocycles. The Labute approximate surface area is 153 Å². The van der Waals surface area contributed by atoms with Crippen molar-refractivity contribution < 1.29 is 23.6 Å². The highest BCUT2D eigenvalue weighted by atomic mass is 79.9. The molecule has 0 unspecified atom stereocenters. The van der Waals surface area contributed by atoms with Crippen molar-refractivity contribution >= 4 is 32.8 Å². The van der Waals surface area contributed by atoms with Gasteiger partial charge in [0.25, 0.3) is 5.91 Å². The van der Waals surface area contributed by atoms with E-state index in [0.29, 0.717) is 23.3 Å². The van der Waals surface area contributed by atoms with Gasteiger partial charge in [0.2, 0.25) is 0 Å². The molecule has 1 saturated heterocycles. The van der Waals surface area contributed by atoms with E-state index >= 15 is 0 Å². The summed E-state index contributed by atoms with van der Waals surface area (Å²) in [6, 6.07) is 5.01. The van der Waals surface area contributed by atoms with E-state index in [-0.39, 0.29) is 5.56 Å². The summed E-state index contributed by atoms with van der Waals surface area (Å²) >= 11 is 3.38. The van der Waals surface area contributed by atoms with Gasteiger partial charge < -0.3 is 24.1 Å². The summed E-state index contributed by atoms with van der Waals surface area (Å²) < 4.78 is 16.6. The number of quaternary nitrogens is 1. The highest BCUT2D eigenvalue weighted by Gasteiger charge is 2.18. The first-order valence-electron chi connectivity index (χ1n) is 8.09. The number of rotatable bonds is 5. The zero-order chi connectivity index (χ0) is 17.8. The number of amides is 1. The summed E-state index contributed by atoms with van der Waals surface area (Å²) in [7, 11) is 1.50. The van der Waals surface area contributed by atoms with Gasteiger partial charge in [0.05, 0.1) is 33.4 Å². The van der Waals surface area contributed by atoms with Crippen LogP contribution in [0, 0.1) is 0 Å². The predicted molar refractivity (Wildman–Crippen MR) is 95.5 cm³/mol. The Balaban J connectivity index is 1.74. The fourth-order valence-electron chi connectivity index (χ4n) is 2.84. The average molecular weight is 412 g/mol. The second-order valence-electron chi connectivity index (χ2n) is 5.84. The summed E-state index contributed by atoms with van der Waals surface area (Å²) in [5.41, 5.74) is -0.362. The molecule has 134 valence electrons. The SMILES string of the molecule is COc1cc(Br)cc2cc(C(=O)NCC[NH+]3CCOCC3)c(=O)oc12. The van der Waals surface area contributed by atoms with E-state index in [1.54, 1.807) is 12.1 Å². The summed E-state index contributed by atoms with van der Waals surface area (Å²) in [6.07, 6.45) is 0. The van der Waals surface area contributed by atoms with Gasteiger partial charge in [-0.15, -0.1) is 0 Å². The van der Waals surface area contributed by atoms with Crippen molar-refractivity contribution in [2.75, 3.05) is 46.5 Å². The number of hydrogen-bond acceptors (Lipinski definition) is 5. The van der Waals surface area contributed by atoms with Gasteiger partial charge in [-0.3, -0.25) is 4.79 Å². The van der Waals surface area contributed by atoms with E-state index < -0.39 is 11.5 Å². The first-order valence-corrected chi connectivity index (χ1v) is 8.88. The van der Waals surface area contributed by atoms with Crippen molar-refractivity contribution in [3.63, 3.8) is 0 Å². The lowest BCUT2D eigenvalue weighted by Crippen LogP contribution is -3.14. The number of halogens is 1. The van der Waals surface area contributed by atoms with Gasteiger partial charge in [-0.25, -0.2) is 4.79 Å². The van der Waals surface area contributed by atoms with Gasteiger partial charge in [0.15, 0.2) is 11.3 Å². The third kappa shape index (κ3) is 4.20. The second kappa shape index (κ2) is 7.99. The van der Waals surface area contributed by atoms with Gasteiger partial charge in [0, 0.05) is 9.86 Å². The molecule has 1 aliphatic rings. The minimum atomic E-state index is -0.677. The van der Waals surface area contributed by atoms with Crippen molar-refractivity contribution in [1.29, 1.82) is 0 Å². The number of fused-ring (bicyclic) bond motifs is 1. The van der Waals surface area contributed by atoms with Crippen LogP contribution in [-0.4, -0.2) is 52.4 Å². The summed E-state index contributed by atoms with van der Waals surface area (Å²) in [6.45, 7) is 4.65. The zero-order valence-corrected chi connectivity index (χ0v) is 15.5. The van der Waals surface area contributed by atoms with E-state index in [9.17, 15) is 9.59 Å². The minimum Gasteiger partial charge on any atom is -0.493 e. The van der Waals surface area contributed by atoms with Crippen molar-refractivity contribution in [3.05, 3.63) is 38.7 Å². The third-order valence-electron chi connectivity index (χ3n) is 4.19. The maximum atomic E-state index is 12.3. The van der Waals surface area contributed by atoms with E-state index in [1.165, 1.54) is 18.1 Å². The number of benzene rings is 1. The first-order chi connectivity index (χ1) is 12.1. The van der Waals surface area contributed by atoms with Crippen LogP contribution in [0.1, 0.15) is 10.4 Å². The zero-order valence-electron chi connectivity index (χ0n) is 13.9. The van der Waals surface area contributed by atoms with Gasteiger partial charge >= 0.3 is 5.63 Å². The van der Waals surface area contributed by atoms with Crippen LogP contribution in [-0.2, 0) is 4.74 Å². The molecule has 1 aromatic heterocycles. The Kier molecular flexibility index (Phi) is 5.72. The number of ether oxygens (including phenoxy) is 2. The number of methoxy groups -OCH3 is 1. The fourth-order valence-corrected chi connectivity index (χ4v) is 3.29. The lowest BCUT2D eigenvalue weighted by atomic mass is 10.1. The Morgan fingerprint density at radius 3 is 2.80 bits per heavy atom. The standard InChI is InChI=1S/C17H19BrN2O5/c1-23-14-10-12(18)8-11-9-13(17(22)25-15(11)14)16(21)19-2-3-20-4-6-24-7-5-20/h8-10H,2-7H2,1H3,(H,19,21)/p+1. The molecule has 0 spiro atoms. The topological polar surface area (TPSA) is 82.2 Å². The van der Waals surface area contributed by atoms with E-state index in [1.807, 2.05) is 0 Å². The molecule has 1 amide bonds. The number of hydrogen-bond donors (Lipinski definition) is 2. The van der Waals surface area contributed by atoms with Crippen LogP contribution >= 0.6 is 15.9 Å². The van der Waals surface area contributed by atoms with Crippen LogP contribution < -0.4 is 20.6 Å². The van der Waals surface area contributed by atoms with Crippen LogP contribution in [0.3, 0.4) is 0 Å². The van der Waals surface area contributed by atoms with Crippen LogP contribution in [0.2, 0.25) is 0 Å². The van der Waals surface area contributed by atoms with E-state index in [4.69, 9.17) is 13.9 Å². The lowest BCUT2D eigenvalue weighted by Gasteiger charge is -2.23. The summed E-state index contributed by atoms with van der Waals surface area (Å²) in [5, 5.41) is 3.41. The first kappa shape index (κ1) is 17.9. The number of morpholine rings is 1. The molecular weight excluding hydrogens is 392 g/mol. The van der Waals surface area contributed by atoms with Crippen LogP contribution in [0.15, 0.2) is 31.9 Å².